The van der Waals surface area contributed by atoms with Crippen LogP contribution in [0.15, 0.2) is 24.3 Å². The number of esters is 1. The van der Waals surface area contributed by atoms with E-state index >= 15 is 0 Å². The molecule has 0 radical (unpaired) electrons. The molecule has 0 aliphatic rings. The molecule has 0 aromatic heterocycles. The van der Waals surface area contributed by atoms with Crippen LogP contribution in [0.4, 0.5) is 13.2 Å². The fourth-order valence-corrected chi connectivity index (χ4v) is 1.27. The molecular formula is C12H11F3O3. The van der Waals surface area contributed by atoms with Crippen molar-refractivity contribution in [2.75, 3.05) is 0 Å². The zero-order chi connectivity index (χ0) is 13.8. The largest absolute Gasteiger partial charge is 0.427 e. The number of carbonyl (C=O) groups excluding carboxylic acids is 2. The number of hydrogen-bond acceptors (Lipinski definition) is 3. The van der Waals surface area contributed by atoms with Crippen LogP contribution >= 0.6 is 0 Å². The summed E-state index contributed by atoms with van der Waals surface area (Å²) in [6, 6.07) is 5.39. The van der Waals surface area contributed by atoms with Gasteiger partial charge in [-0.3, -0.25) is 9.59 Å². The van der Waals surface area contributed by atoms with Crippen molar-refractivity contribution in [1.29, 1.82) is 0 Å². The number of Topliss-reactive ketones (excluding diaryl/α,β-unsaturated/α-hetero) is 1. The van der Waals surface area contributed by atoms with Crippen molar-refractivity contribution in [3.63, 3.8) is 0 Å². The van der Waals surface area contributed by atoms with E-state index in [2.05, 4.69) is 0 Å². The number of carbonyl (C=O) groups is 2. The molecule has 1 aromatic rings. The Bertz CT molecular complexity index is 435. The maximum atomic E-state index is 11.9. The summed E-state index contributed by atoms with van der Waals surface area (Å²) in [5.74, 6) is -0.859. The van der Waals surface area contributed by atoms with Gasteiger partial charge in [-0.15, -0.1) is 0 Å². The summed E-state index contributed by atoms with van der Waals surface area (Å²) in [6.45, 7) is 1.22. The molecule has 1 aromatic carbocycles. The second kappa shape index (κ2) is 5.66. The van der Waals surface area contributed by atoms with Gasteiger partial charge < -0.3 is 4.74 Å². The third-order valence-corrected chi connectivity index (χ3v) is 2.07. The molecule has 0 saturated heterocycles. The standard InChI is InChI=1S/C12H11F3O3/c1-8(16)18-10-4-2-9(3-5-10)11(17)6-7-12(13,14)15/h2-5H,6-7H2,1H3. The summed E-state index contributed by atoms with van der Waals surface area (Å²) >= 11 is 0. The molecule has 1 rings (SSSR count). The van der Waals surface area contributed by atoms with Gasteiger partial charge in [0.1, 0.15) is 5.75 Å². The molecule has 0 saturated carbocycles. The van der Waals surface area contributed by atoms with Crippen LogP contribution in [0.25, 0.3) is 0 Å². The molecule has 0 heterocycles. The van der Waals surface area contributed by atoms with E-state index in [1.165, 1.54) is 31.2 Å². The Labute approximate surface area is 102 Å². The molecule has 3 nitrogen and oxygen atoms in total. The highest BCUT2D eigenvalue weighted by atomic mass is 19.4. The number of halogens is 3. The number of ether oxygens (including phenoxy) is 1. The minimum Gasteiger partial charge on any atom is -0.427 e. The highest BCUT2D eigenvalue weighted by Crippen LogP contribution is 2.23. The van der Waals surface area contributed by atoms with Crippen LogP contribution in [-0.2, 0) is 4.79 Å². The quantitative estimate of drug-likeness (QED) is 0.474. The van der Waals surface area contributed by atoms with Crippen molar-refractivity contribution in [2.45, 2.75) is 25.9 Å². The first-order valence-electron chi connectivity index (χ1n) is 5.16. The second-order valence-electron chi connectivity index (χ2n) is 3.66. The molecule has 0 bridgehead atoms. The first-order valence-corrected chi connectivity index (χ1v) is 5.16. The van der Waals surface area contributed by atoms with Gasteiger partial charge in [0.25, 0.3) is 0 Å². The Balaban J connectivity index is 2.62. The van der Waals surface area contributed by atoms with Crippen LogP contribution in [0.2, 0.25) is 0 Å². The Kier molecular flexibility index (Phi) is 4.47. The monoisotopic (exact) mass is 260 g/mol. The lowest BCUT2D eigenvalue weighted by Gasteiger charge is -2.06. The minimum absolute atomic E-state index is 0.162. The highest BCUT2D eigenvalue weighted by molar-refractivity contribution is 5.96. The van der Waals surface area contributed by atoms with E-state index in [-0.39, 0.29) is 11.3 Å². The van der Waals surface area contributed by atoms with Crippen molar-refractivity contribution >= 4 is 11.8 Å². The van der Waals surface area contributed by atoms with Crippen LogP contribution in [0.5, 0.6) is 5.75 Å². The molecule has 0 fully saturated rings. The summed E-state index contributed by atoms with van der Waals surface area (Å²) < 4.78 is 40.5. The van der Waals surface area contributed by atoms with Gasteiger partial charge in [0, 0.05) is 18.9 Å². The lowest BCUT2D eigenvalue weighted by Crippen LogP contribution is -2.11. The second-order valence-corrected chi connectivity index (χ2v) is 3.66. The molecule has 0 N–H and O–H groups in total. The van der Waals surface area contributed by atoms with E-state index in [9.17, 15) is 22.8 Å². The minimum atomic E-state index is -4.34. The van der Waals surface area contributed by atoms with Crippen molar-refractivity contribution in [3.05, 3.63) is 29.8 Å². The van der Waals surface area contributed by atoms with Crippen molar-refractivity contribution in [3.8, 4) is 5.75 Å². The summed E-state index contributed by atoms with van der Waals surface area (Å²) in [5.41, 5.74) is 0.162. The normalized spacial score (nSPS) is 11.1. The molecule has 0 atom stereocenters. The summed E-state index contributed by atoms with van der Waals surface area (Å²) in [5, 5.41) is 0. The molecule has 0 aliphatic heterocycles. The van der Waals surface area contributed by atoms with Gasteiger partial charge >= 0.3 is 12.1 Å². The van der Waals surface area contributed by atoms with E-state index in [1.807, 2.05) is 0 Å². The van der Waals surface area contributed by atoms with Gasteiger partial charge in [0.15, 0.2) is 5.78 Å². The van der Waals surface area contributed by atoms with Crippen molar-refractivity contribution < 1.29 is 27.5 Å². The third kappa shape index (κ3) is 4.99. The number of alkyl halides is 3. The fourth-order valence-electron chi connectivity index (χ4n) is 1.27. The zero-order valence-corrected chi connectivity index (χ0v) is 9.58. The van der Waals surface area contributed by atoms with Gasteiger partial charge in [0.2, 0.25) is 0 Å². The third-order valence-electron chi connectivity index (χ3n) is 2.07. The first-order chi connectivity index (χ1) is 8.28. The maximum Gasteiger partial charge on any atom is 0.389 e. The van der Waals surface area contributed by atoms with E-state index < -0.39 is 30.8 Å². The smallest absolute Gasteiger partial charge is 0.389 e. The Morgan fingerprint density at radius 2 is 1.72 bits per heavy atom. The fraction of sp³-hybridized carbons (Fsp3) is 0.333. The highest BCUT2D eigenvalue weighted by Gasteiger charge is 2.28. The van der Waals surface area contributed by atoms with E-state index in [0.29, 0.717) is 0 Å². The number of ketones is 1. The van der Waals surface area contributed by atoms with Crippen LogP contribution in [0, 0.1) is 0 Å². The number of benzene rings is 1. The number of hydrogen-bond donors (Lipinski definition) is 0. The predicted molar refractivity (Wildman–Crippen MR) is 57.4 cm³/mol. The molecule has 18 heavy (non-hydrogen) atoms. The summed E-state index contributed by atoms with van der Waals surface area (Å²) in [6.07, 6.45) is -6.07. The summed E-state index contributed by atoms with van der Waals surface area (Å²) in [4.78, 5) is 22.0. The van der Waals surface area contributed by atoms with Crippen molar-refractivity contribution in [1.82, 2.24) is 0 Å². The SMILES string of the molecule is CC(=O)Oc1ccc(C(=O)CCC(F)(F)F)cc1. The van der Waals surface area contributed by atoms with Crippen molar-refractivity contribution in [2.24, 2.45) is 0 Å². The van der Waals surface area contributed by atoms with E-state index in [4.69, 9.17) is 4.74 Å². The molecule has 0 unspecified atom stereocenters. The van der Waals surface area contributed by atoms with Gasteiger partial charge in [-0.1, -0.05) is 0 Å². The van der Waals surface area contributed by atoms with Gasteiger partial charge in [-0.25, -0.2) is 0 Å². The molecular weight excluding hydrogens is 249 g/mol. The Morgan fingerprint density at radius 3 is 2.17 bits per heavy atom. The molecule has 6 heteroatoms. The zero-order valence-electron chi connectivity index (χ0n) is 9.58. The molecule has 0 aliphatic carbocycles. The molecule has 0 spiro atoms. The van der Waals surface area contributed by atoms with Crippen LogP contribution in [-0.4, -0.2) is 17.9 Å². The van der Waals surface area contributed by atoms with E-state index in [0.717, 1.165) is 0 Å². The Morgan fingerprint density at radius 1 is 1.17 bits per heavy atom. The van der Waals surface area contributed by atoms with Gasteiger partial charge in [0.05, 0.1) is 6.42 Å². The van der Waals surface area contributed by atoms with Gasteiger partial charge in [-0.2, -0.15) is 13.2 Å². The topological polar surface area (TPSA) is 43.4 Å². The molecule has 0 amide bonds. The van der Waals surface area contributed by atoms with Crippen LogP contribution in [0.3, 0.4) is 0 Å². The predicted octanol–water partition coefficient (Wildman–Crippen LogP) is 3.14. The van der Waals surface area contributed by atoms with E-state index in [1.54, 1.807) is 0 Å². The summed E-state index contributed by atoms with van der Waals surface area (Å²) in [7, 11) is 0. The lowest BCUT2D eigenvalue weighted by atomic mass is 10.1. The average Bonchev–Trinajstić information content (AvgIpc) is 2.25. The average molecular weight is 260 g/mol. The molecule has 98 valence electrons. The lowest BCUT2D eigenvalue weighted by molar-refractivity contribution is -0.134. The van der Waals surface area contributed by atoms with Gasteiger partial charge in [-0.05, 0) is 24.3 Å². The van der Waals surface area contributed by atoms with Crippen LogP contribution < -0.4 is 4.74 Å². The first kappa shape index (κ1) is 14.2. The van der Waals surface area contributed by atoms with Crippen LogP contribution in [0.1, 0.15) is 30.1 Å². The Hall–Kier alpha value is -1.85. The number of rotatable bonds is 4. The maximum absolute atomic E-state index is 11.9.